The van der Waals surface area contributed by atoms with Gasteiger partial charge in [-0.25, -0.2) is 4.79 Å². The normalized spacial score (nSPS) is 15.6. The van der Waals surface area contributed by atoms with Crippen LogP contribution >= 0.6 is 0 Å². The first kappa shape index (κ1) is 13.4. The van der Waals surface area contributed by atoms with Crippen LogP contribution in [-0.2, 0) is 0 Å². The van der Waals surface area contributed by atoms with Crippen LogP contribution in [0.2, 0.25) is 0 Å². The SMILES string of the molecule is NC(=O)Nc1ccc(C(=O)NCC(N)C2CC2)cc1. The van der Waals surface area contributed by atoms with Crippen molar-refractivity contribution in [1.82, 2.24) is 5.32 Å². The first-order chi connectivity index (χ1) is 9.06. The number of anilines is 1. The lowest BCUT2D eigenvalue weighted by atomic mass is 10.1. The molecule has 2 rings (SSSR count). The number of hydrogen-bond donors (Lipinski definition) is 4. The maximum Gasteiger partial charge on any atom is 0.316 e. The summed E-state index contributed by atoms with van der Waals surface area (Å²) in [6.07, 6.45) is 2.31. The number of amides is 3. The van der Waals surface area contributed by atoms with Gasteiger partial charge in [0.05, 0.1) is 0 Å². The Labute approximate surface area is 111 Å². The van der Waals surface area contributed by atoms with Crippen LogP contribution in [-0.4, -0.2) is 24.5 Å². The molecule has 1 aromatic rings. The molecule has 0 spiro atoms. The maximum absolute atomic E-state index is 11.8. The molecule has 1 saturated carbocycles. The lowest BCUT2D eigenvalue weighted by Crippen LogP contribution is -2.38. The second-order valence-corrected chi connectivity index (χ2v) is 4.78. The highest BCUT2D eigenvalue weighted by atomic mass is 16.2. The van der Waals surface area contributed by atoms with E-state index in [0.717, 1.165) is 12.8 Å². The van der Waals surface area contributed by atoms with Crippen LogP contribution in [0.4, 0.5) is 10.5 Å². The highest BCUT2D eigenvalue weighted by Gasteiger charge is 2.28. The van der Waals surface area contributed by atoms with E-state index in [0.29, 0.717) is 23.7 Å². The predicted molar refractivity (Wildman–Crippen MR) is 72.7 cm³/mol. The van der Waals surface area contributed by atoms with Gasteiger partial charge in [0.1, 0.15) is 0 Å². The number of hydrogen-bond acceptors (Lipinski definition) is 3. The summed E-state index contributed by atoms with van der Waals surface area (Å²) in [6, 6.07) is 5.92. The molecule has 1 fully saturated rings. The number of urea groups is 1. The van der Waals surface area contributed by atoms with Gasteiger partial charge in [0.2, 0.25) is 0 Å². The van der Waals surface area contributed by atoms with E-state index < -0.39 is 6.03 Å². The summed E-state index contributed by atoms with van der Waals surface area (Å²) < 4.78 is 0. The van der Waals surface area contributed by atoms with Crippen molar-refractivity contribution in [2.45, 2.75) is 18.9 Å². The van der Waals surface area contributed by atoms with Crippen molar-refractivity contribution in [2.75, 3.05) is 11.9 Å². The van der Waals surface area contributed by atoms with Gasteiger partial charge < -0.3 is 22.1 Å². The minimum atomic E-state index is -0.632. The van der Waals surface area contributed by atoms with E-state index in [2.05, 4.69) is 10.6 Å². The molecule has 0 saturated heterocycles. The van der Waals surface area contributed by atoms with E-state index in [1.165, 1.54) is 0 Å². The quantitative estimate of drug-likeness (QED) is 0.625. The number of primary amides is 1. The predicted octanol–water partition coefficient (Wildman–Crippen LogP) is 0.644. The Kier molecular flexibility index (Phi) is 4.01. The number of nitrogens with one attached hydrogen (secondary N) is 2. The molecule has 1 atom stereocenters. The third-order valence-electron chi connectivity index (χ3n) is 3.14. The topological polar surface area (TPSA) is 110 Å². The molecule has 6 N–H and O–H groups in total. The molecule has 1 aromatic carbocycles. The van der Waals surface area contributed by atoms with Gasteiger partial charge in [0.15, 0.2) is 0 Å². The molecule has 19 heavy (non-hydrogen) atoms. The average Bonchev–Trinajstić information content (AvgIpc) is 3.20. The Morgan fingerprint density at radius 2 is 1.89 bits per heavy atom. The summed E-state index contributed by atoms with van der Waals surface area (Å²) in [5.74, 6) is 0.393. The van der Waals surface area contributed by atoms with Crippen molar-refractivity contribution in [3.63, 3.8) is 0 Å². The van der Waals surface area contributed by atoms with Gasteiger partial charge >= 0.3 is 6.03 Å². The van der Waals surface area contributed by atoms with Gasteiger partial charge in [0.25, 0.3) is 5.91 Å². The molecular weight excluding hydrogens is 244 g/mol. The number of carbonyl (C=O) groups is 2. The van der Waals surface area contributed by atoms with Gasteiger partial charge in [-0.3, -0.25) is 4.79 Å². The molecule has 0 aliphatic heterocycles. The zero-order valence-corrected chi connectivity index (χ0v) is 10.6. The zero-order chi connectivity index (χ0) is 13.8. The monoisotopic (exact) mass is 262 g/mol. The van der Waals surface area contributed by atoms with Gasteiger partial charge in [-0.15, -0.1) is 0 Å². The van der Waals surface area contributed by atoms with Gasteiger partial charge in [-0.05, 0) is 43.0 Å². The summed E-state index contributed by atoms with van der Waals surface area (Å²) in [5.41, 5.74) is 12.0. The Balaban J connectivity index is 1.86. The first-order valence-corrected chi connectivity index (χ1v) is 6.26. The molecule has 1 unspecified atom stereocenters. The van der Waals surface area contributed by atoms with Crippen molar-refractivity contribution in [2.24, 2.45) is 17.4 Å². The fourth-order valence-corrected chi connectivity index (χ4v) is 1.85. The number of carbonyl (C=O) groups excluding carboxylic acids is 2. The smallest absolute Gasteiger partial charge is 0.316 e. The van der Waals surface area contributed by atoms with Crippen LogP contribution < -0.4 is 22.1 Å². The average molecular weight is 262 g/mol. The minimum Gasteiger partial charge on any atom is -0.351 e. The fourth-order valence-electron chi connectivity index (χ4n) is 1.85. The number of rotatable bonds is 5. The molecule has 6 nitrogen and oxygen atoms in total. The second kappa shape index (κ2) is 5.71. The highest BCUT2D eigenvalue weighted by molar-refractivity contribution is 5.95. The van der Waals surface area contributed by atoms with Crippen molar-refractivity contribution in [3.8, 4) is 0 Å². The maximum atomic E-state index is 11.8. The van der Waals surface area contributed by atoms with E-state index in [1.807, 2.05) is 0 Å². The highest BCUT2D eigenvalue weighted by Crippen LogP contribution is 2.31. The van der Waals surface area contributed by atoms with Gasteiger partial charge in [0, 0.05) is 23.8 Å². The Morgan fingerprint density at radius 1 is 1.26 bits per heavy atom. The van der Waals surface area contributed by atoms with Crippen LogP contribution in [0, 0.1) is 5.92 Å². The van der Waals surface area contributed by atoms with E-state index in [-0.39, 0.29) is 11.9 Å². The molecule has 3 amide bonds. The van der Waals surface area contributed by atoms with Gasteiger partial charge in [-0.1, -0.05) is 0 Å². The summed E-state index contributed by atoms with van der Waals surface area (Å²) in [7, 11) is 0. The van der Waals surface area contributed by atoms with Gasteiger partial charge in [-0.2, -0.15) is 0 Å². The van der Waals surface area contributed by atoms with Crippen LogP contribution in [0.15, 0.2) is 24.3 Å². The van der Waals surface area contributed by atoms with Crippen molar-refractivity contribution in [3.05, 3.63) is 29.8 Å². The third kappa shape index (κ3) is 3.96. The lowest BCUT2D eigenvalue weighted by molar-refractivity contribution is 0.0950. The molecule has 102 valence electrons. The van der Waals surface area contributed by atoms with Crippen molar-refractivity contribution in [1.29, 1.82) is 0 Å². The molecule has 0 bridgehead atoms. The number of benzene rings is 1. The molecule has 6 heteroatoms. The van der Waals surface area contributed by atoms with Crippen LogP contribution in [0.3, 0.4) is 0 Å². The summed E-state index contributed by atoms with van der Waals surface area (Å²) in [4.78, 5) is 22.5. The largest absolute Gasteiger partial charge is 0.351 e. The molecule has 1 aliphatic rings. The Morgan fingerprint density at radius 3 is 2.42 bits per heavy atom. The van der Waals surface area contributed by atoms with E-state index in [9.17, 15) is 9.59 Å². The standard InChI is InChI=1S/C13H18N4O2/c14-11(8-1-2-8)7-16-12(18)9-3-5-10(6-4-9)17-13(15)19/h3-6,8,11H,1-2,7,14H2,(H,16,18)(H3,15,17,19). The van der Waals surface area contributed by atoms with Crippen LogP contribution in [0.25, 0.3) is 0 Å². The minimum absolute atomic E-state index is 0.0414. The van der Waals surface area contributed by atoms with Crippen molar-refractivity contribution >= 4 is 17.6 Å². The summed E-state index contributed by atoms with van der Waals surface area (Å²) in [6.45, 7) is 0.491. The first-order valence-electron chi connectivity index (χ1n) is 6.26. The van der Waals surface area contributed by atoms with Crippen LogP contribution in [0.1, 0.15) is 23.2 Å². The van der Waals surface area contributed by atoms with E-state index in [1.54, 1.807) is 24.3 Å². The fraction of sp³-hybridized carbons (Fsp3) is 0.385. The Bertz CT molecular complexity index is 468. The molecular formula is C13H18N4O2. The lowest BCUT2D eigenvalue weighted by Gasteiger charge is -2.11. The molecule has 0 heterocycles. The van der Waals surface area contributed by atoms with Crippen LogP contribution in [0.5, 0.6) is 0 Å². The number of nitrogens with two attached hydrogens (primary N) is 2. The zero-order valence-electron chi connectivity index (χ0n) is 10.6. The summed E-state index contributed by atoms with van der Waals surface area (Å²) in [5, 5.41) is 5.24. The van der Waals surface area contributed by atoms with E-state index in [4.69, 9.17) is 11.5 Å². The van der Waals surface area contributed by atoms with Crippen molar-refractivity contribution < 1.29 is 9.59 Å². The molecule has 0 radical (unpaired) electrons. The second-order valence-electron chi connectivity index (χ2n) is 4.78. The summed E-state index contributed by atoms with van der Waals surface area (Å²) >= 11 is 0. The molecule has 0 aromatic heterocycles. The third-order valence-corrected chi connectivity index (χ3v) is 3.14. The van der Waals surface area contributed by atoms with E-state index >= 15 is 0 Å². The molecule has 1 aliphatic carbocycles. The Hall–Kier alpha value is -2.08.